The average molecular weight is 250 g/mol. The van der Waals surface area contributed by atoms with E-state index >= 15 is 0 Å². The van der Waals surface area contributed by atoms with Crippen molar-refractivity contribution in [2.75, 3.05) is 18.5 Å². The van der Waals surface area contributed by atoms with E-state index in [1.807, 2.05) is 0 Å². The first-order valence-electron chi connectivity index (χ1n) is 5.05. The lowest BCUT2D eigenvalue weighted by Gasteiger charge is -2.22. The van der Waals surface area contributed by atoms with Crippen LogP contribution in [-0.4, -0.2) is 19.6 Å². The van der Waals surface area contributed by atoms with E-state index in [2.05, 4.69) is 0 Å². The normalized spacial score (nSPS) is 13.6. The first kappa shape index (κ1) is 13.8. The van der Waals surface area contributed by atoms with E-state index < -0.39 is 17.6 Å². The predicted molar refractivity (Wildman–Crippen MR) is 58.3 cm³/mol. The molecule has 0 aliphatic rings. The van der Waals surface area contributed by atoms with Crippen LogP contribution in [0, 0.1) is 5.82 Å². The van der Waals surface area contributed by atoms with Crippen LogP contribution >= 0.6 is 0 Å². The lowest BCUT2D eigenvalue weighted by Crippen LogP contribution is -2.33. The summed E-state index contributed by atoms with van der Waals surface area (Å²) in [5, 5.41) is 0. The maximum atomic E-state index is 13.5. The molecular formula is C11H14F4N2. The SMILES string of the molecule is CC(N)CN(C)c1ccc(C(F)(F)F)cc1F. The van der Waals surface area contributed by atoms with Crippen molar-refractivity contribution in [2.45, 2.75) is 19.1 Å². The van der Waals surface area contributed by atoms with Gasteiger partial charge in [-0.25, -0.2) is 4.39 Å². The average Bonchev–Trinajstić information content (AvgIpc) is 2.14. The van der Waals surface area contributed by atoms with E-state index in [9.17, 15) is 17.6 Å². The number of hydrogen-bond donors (Lipinski definition) is 1. The number of nitrogens with two attached hydrogens (primary N) is 1. The summed E-state index contributed by atoms with van der Waals surface area (Å²) in [6, 6.07) is 2.27. The Morgan fingerprint density at radius 1 is 1.35 bits per heavy atom. The molecule has 1 aromatic rings. The second-order valence-electron chi connectivity index (χ2n) is 4.02. The molecule has 0 aromatic heterocycles. The summed E-state index contributed by atoms with van der Waals surface area (Å²) in [6.45, 7) is 2.10. The zero-order valence-electron chi connectivity index (χ0n) is 9.55. The standard InChI is InChI=1S/C11H14F4N2/c1-7(16)6-17(2)10-4-3-8(5-9(10)12)11(13,14)15/h3-5,7H,6,16H2,1-2H3. The maximum Gasteiger partial charge on any atom is 0.416 e. The summed E-state index contributed by atoms with van der Waals surface area (Å²) < 4.78 is 50.4. The van der Waals surface area contributed by atoms with Gasteiger partial charge in [-0.05, 0) is 25.1 Å². The Hall–Kier alpha value is -1.30. The van der Waals surface area contributed by atoms with E-state index in [-0.39, 0.29) is 11.7 Å². The van der Waals surface area contributed by atoms with Crippen LogP contribution in [0.2, 0.25) is 0 Å². The number of benzene rings is 1. The molecule has 6 heteroatoms. The van der Waals surface area contributed by atoms with Gasteiger partial charge in [0, 0.05) is 19.6 Å². The van der Waals surface area contributed by atoms with Gasteiger partial charge in [0.15, 0.2) is 0 Å². The van der Waals surface area contributed by atoms with Crippen LogP contribution in [-0.2, 0) is 6.18 Å². The van der Waals surface area contributed by atoms with E-state index in [0.29, 0.717) is 12.6 Å². The van der Waals surface area contributed by atoms with Crippen molar-refractivity contribution in [3.05, 3.63) is 29.6 Å². The minimum atomic E-state index is -4.53. The smallest absolute Gasteiger partial charge is 0.371 e. The monoisotopic (exact) mass is 250 g/mol. The van der Waals surface area contributed by atoms with Gasteiger partial charge in [-0.2, -0.15) is 13.2 Å². The molecule has 2 N–H and O–H groups in total. The number of rotatable bonds is 3. The third kappa shape index (κ3) is 3.59. The van der Waals surface area contributed by atoms with Crippen molar-refractivity contribution in [3.8, 4) is 0 Å². The molecule has 0 fully saturated rings. The molecule has 0 radical (unpaired) electrons. The van der Waals surface area contributed by atoms with Crippen molar-refractivity contribution < 1.29 is 17.6 Å². The zero-order valence-corrected chi connectivity index (χ0v) is 9.55. The van der Waals surface area contributed by atoms with E-state index in [1.165, 1.54) is 4.90 Å². The molecule has 0 bridgehead atoms. The third-order valence-electron chi connectivity index (χ3n) is 2.25. The summed E-state index contributed by atoms with van der Waals surface area (Å²) in [5.74, 6) is -0.900. The van der Waals surface area contributed by atoms with Gasteiger partial charge >= 0.3 is 6.18 Å². The lowest BCUT2D eigenvalue weighted by atomic mass is 10.1. The van der Waals surface area contributed by atoms with Gasteiger partial charge in [0.2, 0.25) is 0 Å². The highest BCUT2D eigenvalue weighted by Crippen LogP contribution is 2.31. The van der Waals surface area contributed by atoms with Crippen molar-refractivity contribution in [1.82, 2.24) is 0 Å². The topological polar surface area (TPSA) is 29.3 Å². The second-order valence-corrected chi connectivity index (χ2v) is 4.02. The lowest BCUT2D eigenvalue weighted by molar-refractivity contribution is -0.137. The first-order valence-corrected chi connectivity index (χ1v) is 5.05. The molecule has 17 heavy (non-hydrogen) atoms. The Bertz CT molecular complexity index is 388. The van der Waals surface area contributed by atoms with Crippen molar-refractivity contribution in [3.63, 3.8) is 0 Å². The Kier molecular flexibility index (Phi) is 3.98. The molecule has 1 atom stereocenters. The first-order chi connectivity index (χ1) is 7.71. The molecule has 0 saturated heterocycles. The summed E-state index contributed by atoms with van der Waals surface area (Å²) in [6.07, 6.45) is -4.53. The molecule has 96 valence electrons. The highest BCUT2D eigenvalue weighted by molar-refractivity contribution is 5.49. The third-order valence-corrected chi connectivity index (χ3v) is 2.25. The summed E-state index contributed by atoms with van der Waals surface area (Å²) in [5.41, 5.74) is 4.65. The molecule has 0 amide bonds. The molecule has 2 nitrogen and oxygen atoms in total. The molecule has 0 heterocycles. The van der Waals surface area contributed by atoms with Crippen molar-refractivity contribution in [1.29, 1.82) is 0 Å². The van der Waals surface area contributed by atoms with Gasteiger partial charge < -0.3 is 10.6 Å². The molecule has 1 aromatic carbocycles. The number of halogens is 4. The van der Waals surface area contributed by atoms with Gasteiger partial charge in [-0.1, -0.05) is 0 Å². The van der Waals surface area contributed by atoms with Crippen LogP contribution in [0.15, 0.2) is 18.2 Å². The minimum absolute atomic E-state index is 0.107. The summed E-state index contributed by atoms with van der Waals surface area (Å²) >= 11 is 0. The Morgan fingerprint density at radius 2 is 1.94 bits per heavy atom. The number of anilines is 1. The van der Waals surface area contributed by atoms with Crippen LogP contribution in [0.25, 0.3) is 0 Å². The molecule has 0 aliphatic carbocycles. The van der Waals surface area contributed by atoms with E-state index in [0.717, 1.165) is 12.1 Å². The fourth-order valence-electron chi connectivity index (χ4n) is 1.52. The highest BCUT2D eigenvalue weighted by Gasteiger charge is 2.31. The van der Waals surface area contributed by atoms with Crippen LogP contribution in [0.4, 0.5) is 23.2 Å². The fraction of sp³-hybridized carbons (Fsp3) is 0.455. The quantitative estimate of drug-likeness (QED) is 0.835. The number of hydrogen-bond acceptors (Lipinski definition) is 2. The second kappa shape index (κ2) is 4.91. The van der Waals surface area contributed by atoms with Crippen LogP contribution in [0.1, 0.15) is 12.5 Å². The Morgan fingerprint density at radius 3 is 2.35 bits per heavy atom. The minimum Gasteiger partial charge on any atom is -0.371 e. The van der Waals surface area contributed by atoms with E-state index in [4.69, 9.17) is 5.73 Å². The van der Waals surface area contributed by atoms with Gasteiger partial charge in [-0.15, -0.1) is 0 Å². The van der Waals surface area contributed by atoms with Gasteiger partial charge in [0.1, 0.15) is 5.82 Å². The molecule has 0 saturated carbocycles. The molecule has 1 unspecified atom stereocenters. The highest BCUT2D eigenvalue weighted by atomic mass is 19.4. The van der Waals surface area contributed by atoms with Crippen LogP contribution in [0.5, 0.6) is 0 Å². The number of nitrogens with zero attached hydrogens (tertiary/aromatic N) is 1. The summed E-state index contributed by atoms with van der Waals surface area (Å²) in [7, 11) is 1.58. The largest absolute Gasteiger partial charge is 0.416 e. The molecular weight excluding hydrogens is 236 g/mol. The Labute approximate surface area is 97.0 Å². The number of likely N-dealkylation sites (N-methyl/N-ethyl adjacent to an activating group) is 1. The summed E-state index contributed by atoms with van der Waals surface area (Å²) in [4.78, 5) is 1.49. The molecule has 1 rings (SSSR count). The van der Waals surface area contributed by atoms with Gasteiger partial charge in [0.25, 0.3) is 0 Å². The van der Waals surface area contributed by atoms with Crippen LogP contribution < -0.4 is 10.6 Å². The molecule has 0 aliphatic heterocycles. The van der Waals surface area contributed by atoms with Crippen molar-refractivity contribution in [2.24, 2.45) is 5.73 Å². The van der Waals surface area contributed by atoms with Crippen molar-refractivity contribution >= 4 is 5.69 Å². The predicted octanol–water partition coefficient (Wildman–Crippen LogP) is 2.63. The van der Waals surface area contributed by atoms with Crippen LogP contribution in [0.3, 0.4) is 0 Å². The maximum absolute atomic E-state index is 13.5. The number of alkyl halides is 3. The molecule has 0 spiro atoms. The fourth-order valence-corrected chi connectivity index (χ4v) is 1.52. The zero-order chi connectivity index (χ0) is 13.2. The van der Waals surface area contributed by atoms with E-state index in [1.54, 1.807) is 14.0 Å². The van der Waals surface area contributed by atoms with Gasteiger partial charge in [0.05, 0.1) is 11.3 Å². The Balaban J connectivity index is 2.98. The van der Waals surface area contributed by atoms with Gasteiger partial charge in [-0.3, -0.25) is 0 Å².